The lowest BCUT2D eigenvalue weighted by Crippen LogP contribution is -2.41. The van der Waals surface area contributed by atoms with E-state index >= 15 is 0 Å². The summed E-state index contributed by atoms with van der Waals surface area (Å²) in [4.78, 5) is 14.7. The van der Waals surface area contributed by atoms with Crippen molar-refractivity contribution >= 4 is 28.3 Å². The number of rotatable bonds is 6. The minimum Gasteiger partial charge on any atom is -0.508 e. The molecule has 0 aromatic heterocycles. The van der Waals surface area contributed by atoms with E-state index < -0.39 is 0 Å². The fraction of sp³-hybridized carbons (Fsp3) is 0.292. The maximum atomic E-state index is 12.5. The molecular weight excluding hydrogens is 398 g/mol. The van der Waals surface area contributed by atoms with Crippen LogP contribution in [0.4, 0.5) is 0 Å². The normalized spacial score (nSPS) is 19.3. The molecule has 3 aromatic carbocycles. The van der Waals surface area contributed by atoms with Crippen LogP contribution in [0.15, 0.2) is 60.7 Å². The maximum Gasteiger partial charge on any atom is 0.237 e. The molecule has 1 fully saturated rings. The van der Waals surface area contributed by atoms with Crippen molar-refractivity contribution in [2.24, 2.45) is 0 Å². The number of phenols is 1. The van der Waals surface area contributed by atoms with Gasteiger partial charge in [0.15, 0.2) is 0 Å². The Kier molecular flexibility index (Phi) is 6.23. The van der Waals surface area contributed by atoms with E-state index in [9.17, 15) is 9.90 Å². The van der Waals surface area contributed by atoms with Crippen molar-refractivity contribution in [3.8, 4) is 5.75 Å². The molecule has 2 atom stereocenters. The number of hydrogen-bond acceptors (Lipinski definition) is 4. The van der Waals surface area contributed by atoms with Gasteiger partial charge in [-0.2, -0.15) is 0 Å². The van der Waals surface area contributed by atoms with E-state index in [1.165, 1.54) is 16.3 Å². The molecule has 1 amide bonds. The van der Waals surface area contributed by atoms with Crippen LogP contribution >= 0.6 is 11.6 Å². The fourth-order valence-corrected chi connectivity index (χ4v) is 4.38. The Labute approximate surface area is 181 Å². The summed E-state index contributed by atoms with van der Waals surface area (Å²) in [6, 6.07) is 19.8. The SMILES string of the molecule is CNC(=O)[C@@H]1C[C@@H](NCc2cc(Cl)ccc2O)CN1Cc1ccc2ccccc2c1. The Balaban J connectivity index is 1.46. The molecule has 6 heteroatoms. The first-order valence-corrected chi connectivity index (χ1v) is 10.6. The molecule has 0 unspecified atom stereocenters. The molecule has 0 bridgehead atoms. The molecule has 4 rings (SSSR count). The van der Waals surface area contributed by atoms with Crippen LogP contribution in [0.2, 0.25) is 5.02 Å². The van der Waals surface area contributed by atoms with Crippen molar-refractivity contribution in [2.45, 2.75) is 31.6 Å². The Morgan fingerprint density at radius 1 is 1.13 bits per heavy atom. The minimum atomic E-state index is -0.188. The zero-order valence-electron chi connectivity index (χ0n) is 16.9. The Bertz CT molecular complexity index is 1060. The topological polar surface area (TPSA) is 64.6 Å². The quantitative estimate of drug-likeness (QED) is 0.566. The van der Waals surface area contributed by atoms with E-state index in [0.29, 0.717) is 24.5 Å². The van der Waals surface area contributed by atoms with Crippen LogP contribution in [0.3, 0.4) is 0 Å². The zero-order chi connectivity index (χ0) is 21.1. The van der Waals surface area contributed by atoms with Crippen molar-refractivity contribution < 1.29 is 9.90 Å². The fourth-order valence-electron chi connectivity index (χ4n) is 4.19. The number of phenolic OH excluding ortho intramolecular Hbond substituents is 1. The number of likely N-dealkylation sites (N-methyl/N-ethyl adjacent to an activating group) is 1. The second-order valence-corrected chi connectivity index (χ2v) is 8.26. The molecule has 1 saturated heterocycles. The second kappa shape index (κ2) is 9.04. The van der Waals surface area contributed by atoms with Crippen LogP contribution in [-0.2, 0) is 17.9 Å². The highest BCUT2D eigenvalue weighted by molar-refractivity contribution is 6.30. The third kappa shape index (κ3) is 4.59. The molecule has 1 aliphatic heterocycles. The first-order valence-electron chi connectivity index (χ1n) is 10.2. The average molecular weight is 424 g/mol. The maximum absolute atomic E-state index is 12.5. The van der Waals surface area contributed by atoms with Gasteiger partial charge in [-0.1, -0.05) is 48.0 Å². The van der Waals surface area contributed by atoms with Gasteiger partial charge in [-0.05, 0) is 47.0 Å². The van der Waals surface area contributed by atoms with Crippen LogP contribution in [0.25, 0.3) is 10.8 Å². The van der Waals surface area contributed by atoms with Gasteiger partial charge >= 0.3 is 0 Å². The molecule has 0 aliphatic carbocycles. The molecule has 0 saturated carbocycles. The monoisotopic (exact) mass is 423 g/mol. The van der Waals surface area contributed by atoms with Crippen molar-refractivity contribution in [1.82, 2.24) is 15.5 Å². The van der Waals surface area contributed by atoms with Gasteiger partial charge in [-0.3, -0.25) is 9.69 Å². The highest BCUT2D eigenvalue weighted by Gasteiger charge is 2.36. The number of hydrogen-bond donors (Lipinski definition) is 3. The molecule has 1 heterocycles. The molecular formula is C24H26ClN3O2. The van der Waals surface area contributed by atoms with Gasteiger partial charge in [0.1, 0.15) is 5.75 Å². The highest BCUT2D eigenvalue weighted by atomic mass is 35.5. The number of amides is 1. The van der Waals surface area contributed by atoms with Crippen LogP contribution in [0.5, 0.6) is 5.75 Å². The Morgan fingerprint density at radius 2 is 1.93 bits per heavy atom. The predicted molar refractivity (Wildman–Crippen MR) is 121 cm³/mol. The number of nitrogens with one attached hydrogen (secondary N) is 2. The van der Waals surface area contributed by atoms with E-state index in [1.807, 2.05) is 12.1 Å². The van der Waals surface area contributed by atoms with Crippen molar-refractivity contribution in [1.29, 1.82) is 0 Å². The van der Waals surface area contributed by atoms with Gasteiger partial charge < -0.3 is 15.7 Å². The summed E-state index contributed by atoms with van der Waals surface area (Å²) in [6.45, 7) is 1.97. The molecule has 0 radical (unpaired) electrons. The van der Waals surface area contributed by atoms with Gasteiger partial charge in [-0.15, -0.1) is 0 Å². The van der Waals surface area contributed by atoms with Gasteiger partial charge in [0, 0.05) is 43.3 Å². The summed E-state index contributed by atoms with van der Waals surface area (Å²) in [5.74, 6) is 0.256. The molecule has 3 aromatic rings. The number of carbonyl (C=O) groups excluding carboxylic acids is 1. The lowest BCUT2D eigenvalue weighted by atomic mass is 10.1. The summed E-state index contributed by atoms with van der Waals surface area (Å²) in [5, 5.41) is 19.3. The van der Waals surface area contributed by atoms with E-state index in [2.05, 4.69) is 45.9 Å². The molecule has 1 aliphatic rings. The highest BCUT2D eigenvalue weighted by Crippen LogP contribution is 2.25. The first kappa shape index (κ1) is 20.7. The number of nitrogens with zero attached hydrogens (tertiary/aromatic N) is 1. The molecule has 5 nitrogen and oxygen atoms in total. The van der Waals surface area contributed by atoms with Crippen LogP contribution < -0.4 is 10.6 Å². The summed E-state index contributed by atoms with van der Waals surface area (Å²) in [5.41, 5.74) is 1.95. The van der Waals surface area contributed by atoms with Crippen LogP contribution in [0, 0.1) is 0 Å². The van der Waals surface area contributed by atoms with E-state index in [4.69, 9.17) is 11.6 Å². The van der Waals surface area contributed by atoms with Crippen LogP contribution in [0.1, 0.15) is 17.5 Å². The molecule has 3 N–H and O–H groups in total. The van der Waals surface area contributed by atoms with Gasteiger partial charge in [0.2, 0.25) is 5.91 Å². The van der Waals surface area contributed by atoms with Crippen molar-refractivity contribution in [3.05, 3.63) is 76.8 Å². The van der Waals surface area contributed by atoms with E-state index in [1.54, 1.807) is 25.2 Å². The standard InChI is InChI=1S/C24H26ClN3O2/c1-26-24(30)22-12-21(27-13-19-11-20(25)8-9-23(19)29)15-28(22)14-16-6-7-17-4-2-3-5-18(17)10-16/h2-11,21-22,27,29H,12-15H2,1H3,(H,26,30)/t21-,22+/m1/s1. The first-order chi connectivity index (χ1) is 14.5. The number of carbonyl (C=O) groups is 1. The second-order valence-electron chi connectivity index (χ2n) is 7.83. The molecule has 156 valence electrons. The Morgan fingerprint density at radius 3 is 2.73 bits per heavy atom. The number of aromatic hydroxyl groups is 1. The summed E-state index contributed by atoms with van der Waals surface area (Å²) in [7, 11) is 1.68. The summed E-state index contributed by atoms with van der Waals surface area (Å²) in [6.07, 6.45) is 0.717. The smallest absolute Gasteiger partial charge is 0.237 e. The van der Waals surface area contributed by atoms with Gasteiger partial charge in [-0.25, -0.2) is 0 Å². The largest absolute Gasteiger partial charge is 0.508 e. The summed E-state index contributed by atoms with van der Waals surface area (Å²) >= 11 is 6.05. The minimum absolute atomic E-state index is 0.0330. The van der Waals surface area contributed by atoms with E-state index in [-0.39, 0.29) is 23.7 Å². The third-order valence-electron chi connectivity index (χ3n) is 5.77. The van der Waals surface area contributed by atoms with Crippen molar-refractivity contribution in [2.75, 3.05) is 13.6 Å². The number of halogens is 1. The average Bonchev–Trinajstić information content (AvgIpc) is 3.16. The lowest BCUT2D eigenvalue weighted by molar-refractivity contribution is -0.125. The molecule has 30 heavy (non-hydrogen) atoms. The summed E-state index contributed by atoms with van der Waals surface area (Å²) < 4.78 is 0. The third-order valence-corrected chi connectivity index (χ3v) is 6.01. The van der Waals surface area contributed by atoms with E-state index in [0.717, 1.165) is 12.1 Å². The number of benzene rings is 3. The zero-order valence-corrected chi connectivity index (χ0v) is 17.7. The number of fused-ring (bicyclic) bond motifs is 1. The number of likely N-dealkylation sites (tertiary alicyclic amines) is 1. The molecule has 0 spiro atoms. The van der Waals surface area contributed by atoms with Gasteiger partial charge in [0.25, 0.3) is 0 Å². The van der Waals surface area contributed by atoms with Crippen LogP contribution in [-0.4, -0.2) is 41.6 Å². The van der Waals surface area contributed by atoms with Gasteiger partial charge in [0.05, 0.1) is 6.04 Å². The Hall–Kier alpha value is -2.60. The predicted octanol–water partition coefficient (Wildman–Crippen LogP) is 3.68. The lowest BCUT2D eigenvalue weighted by Gasteiger charge is -2.23. The van der Waals surface area contributed by atoms with Crippen molar-refractivity contribution in [3.63, 3.8) is 0 Å².